The van der Waals surface area contributed by atoms with E-state index in [4.69, 9.17) is 14.2 Å². The molecule has 0 N–H and O–H groups in total. The van der Waals surface area contributed by atoms with Gasteiger partial charge in [0.15, 0.2) is 6.10 Å². The maximum atomic E-state index is 12.8. The van der Waals surface area contributed by atoms with Gasteiger partial charge >= 0.3 is 17.9 Å². The summed E-state index contributed by atoms with van der Waals surface area (Å²) < 4.78 is 16.8. The van der Waals surface area contributed by atoms with E-state index < -0.39 is 6.10 Å². The Kier molecular flexibility index (Phi) is 47.4. The van der Waals surface area contributed by atoms with Crippen molar-refractivity contribution in [3.63, 3.8) is 0 Å². The van der Waals surface area contributed by atoms with Crippen molar-refractivity contribution < 1.29 is 28.6 Å². The summed E-state index contributed by atoms with van der Waals surface area (Å²) >= 11 is 0. The maximum absolute atomic E-state index is 12.8. The zero-order valence-corrected chi connectivity index (χ0v) is 40.2. The van der Waals surface area contributed by atoms with Crippen LogP contribution in [0.15, 0.2) is 60.8 Å². The third-order valence-corrected chi connectivity index (χ3v) is 11.0. The highest BCUT2D eigenvalue weighted by atomic mass is 16.6. The van der Waals surface area contributed by atoms with Crippen molar-refractivity contribution in [2.45, 2.75) is 258 Å². The van der Waals surface area contributed by atoms with E-state index in [1.807, 2.05) is 0 Å². The molecule has 0 saturated carbocycles. The van der Waals surface area contributed by atoms with Crippen LogP contribution >= 0.6 is 0 Å². The zero-order chi connectivity index (χ0) is 44.4. The van der Waals surface area contributed by atoms with Crippen molar-refractivity contribution in [3.8, 4) is 0 Å². The molecule has 6 nitrogen and oxygen atoms in total. The van der Waals surface area contributed by atoms with E-state index in [-0.39, 0.29) is 31.1 Å². The Hall–Kier alpha value is -2.89. The average molecular weight is 853 g/mol. The second kappa shape index (κ2) is 49.8. The fourth-order valence-electron chi connectivity index (χ4n) is 7.09. The van der Waals surface area contributed by atoms with Crippen LogP contribution in [0.1, 0.15) is 252 Å². The van der Waals surface area contributed by atoms with Crippen molar-refractivity contribution in [1.29, 1.82) is 0 Å². The highest BCUT2D eigenvalue weighted by molar-refractivity contribution is 5.71. The topological polar surface area (TPSA) is 78.9 Å². The van der Waals surface area contributed by atoms with Crippen LogP contribution in [0.5, 0.6) is 0 Å². The van der Waals surface area contributed by atoms with E-state index in [0.29, 0.717) is 19.3 Å². The van der Waals surface area contributed by atoms with Crippen LogP contribution in [0.25, 0.3) is 0 Å². The van der Waals surface area contributed by atoms with E-state index in [1.54, 1.807) is 0 Å². The maximum Gasteiger partial charge on any atom is 0.306 e. The summed E-state index contributed by atoms with van der Waals surface area (Å²) in [5, 5.41) is 0. The summed E-state index contributed by atoms with van der Waals surface area (Å²) in [5.74, 6) is -0.924. The molecule has 0 saturated heterocycles. The van der Waals surface area contributed by atoms with Gasteiger partial charge < -0.3 is 14.2 Å². The van der Waals surface area contributed by atoms with E-state index in [2.05, 4.69) is 81.5 Å². The lowest BCUT2D eigenvalue weighted by Gasteiger charge is -2.18. The SMILES string of the molecule is CC/C=C\C/C=C\CCCCCCCC(=O)OCC(COC(=O)CCCCCCCCC/C=C\C/C=C\CCCCC)OC(=O)CCCCC/C=C\CCCCCCCCC. The first-order chi connectivity index (χ1) is 30.0. The summed E-state index contributed by atoms with van der Waals surface area (Å²) in [6, 6.07) is 0. The van der Waals surface area contributed by atoms with Gasteiger partial charge in [-0.25, -0.2) is 0 Å². The van der Waals surface area contributed by atoms with Crippen LogP contribution in [-0.2, 0) is 28.6 Å². The first-order valence-corrected chi connectivity index (χ1v) is 25.8. The lowest BCUT2D eigenvalue weighted by atomic mass is 10.1. The summed E-state index contributed by atoms with van der Waals surface area (Å²) in [5.41, 5.74) is 0. The molecule has 0 radical (unpaired) electrons. The number of ether oxygens (including phenoxy) is 3. The minimum Gasteiger partial charge on any atom is -0.462 e. The van der Waals surface area contributed by atoms with E-state index in [1.165, 1.54) is 96.3 Å². The van der Waals surface area contributed by atoms with Crippen molar-refractivity contribution in [2.75, 3.05) is 13.2 Å². The summed E-state index contributed by atoms with van der Waals surface area (Å²) in [7, 11) is 0. The molecule has 0 rings (SSSR count). The molecule has 0 aliphatic carbocycles. The summed E-state index contributed by atoms with van der Waals surface area (Å²) in [4.78, 5) is 37.9. The summed E-state index contributed by atoms with van der Waals surface area (Å²) in [6.07, 6.45) is 60.6. The molecule has 0 fully saturated rings. The van der Waals surface area contributed by atoms with Gasteiger partial charge in [-0.1, -0.05) is 191 Å². The fraction of sp³-hybridized carbons (Fsp3) is 0.764. The average Bonchev–Trinajstić information content (AvgIpc) is 3.26. The molecule has 0 aliphatic heterocycles. The molecule has 0 aromatic carbocycles. The predicted molar refractivity (Wildman–Crippen MR) is 261 cm³/mol. The molecule has 0 bridgehead atoms. The molecular weight excluding hydrogens is 757 g/mol. The standard InChI is InChI=1S/C55H96O6/c1-4-7-10-13-16-19-22-25-27-28-29-31-33-36-39-42-45-48-54(57)60-51-52(50-59-53(56)47-44-41-38-35-32-24-21-18-15-12-9-6-3)61-55(58)49-46-43-40-37-34-30-26-23-20-17-14-11-8-5-2/h9,12,16,18-19,21,25,27,30,34,52H,4-8,10-11,13-15,17,20,22-24,26,28-29,31-33,35-51H2,1-3H3/b12-9-,19-16-,21-18-,27-25-,34-30-. The largest absolute Gasteiger partial charge is 0.462 e. The Bertz CT molecular complexity index is 1120. The molecule has 0 amide bonds. The van der Waals surface area contributed by atoms with Gasteiger partial charge in [-0.2, -0.15) is 0 Å². The molecule has 352 valence electrons. The first-order valence-electron chi connectivity index (χ1n) is 25.8. The van der Waals surface area contributed by atoms with Gasteiger partial charge in [0.1, 0.15) is 13.2 Å². The van der Waals surface area contributed by atoms with Crippen LogP contribution in [0.2, 0.25) is 0 Å². The number of carbonyl (C=O) groups is 3. The quantitative estimate of drug-likeness (QED) is 0.0263. The molecule has 0 spiro atoms. The Morgan fingerprint density at radius 2 is 0.639 bits per heavy atom. The smallest absolute Gasteiger partial charge is 0.306 e. The molecule has 61 heavy (non-hydrogen) atoms. The fourth-order valence-corrected chi connectivity index (χ4v) is 7.09. The zero-order valence-electron chi connectivity index (χ0n) is 40.2. The van der Waals surface area contributed by atoms with E-state index in [9.17, 15) is 14.4 Å². The molecule has 6 heteroatoms. The normalized spacial score (nSPS) is 12.5. The molecular formula is C55H96O6. The first kappa shape index (κ1) is 58.1. The highest BCUT2D eigenvalue weighted by Gasteiger charge is 2.19. The third-order valence-electron chi connectivity index (χ3n) is 11.0. The number of unbranched alkanes of at least 4 members (excludes halogenated alkanes) is 25. The second-order valence-corrected chi connectivity index (χ2v) is 17.0. The molecule has 0 aliphatic rings. The van der Waals surface area contributed by atoms with Crippen molar-refractivity contribution in [3.05, 3.63) is 60.8 Å². The second-order valence-electron chi connectivity index (χ2n) is 17.0. The van der Waals surface area contributed by atoms with Gasteiger partial charge in [0.2, 0.25) is 0 Å². The predicted octanol–water partition coefficient (Wildman–Crippen LogP) is 16.9. The van der Waals surface area contributed by atoms with E-state index in [0.717, 1.165) is 116 Å². The highest BCUT2D eigenvalue weighted by Crippen LogP contribution is 2.14. The molecule has 0 aromatic rings. The van der Waals surface area contributed by atoms with Crippen molar-refractivity contribution >= 4 is 17.9 Å². The summed E-state index contributed by atoms with van der Waals surface area (Å²) in [6.45, 7) is 6.47. The van der Waals surface area contributed by atoms with Gasteiger partial charge in [0, 0.05) is 19.3 Å². The molecule has 1 unspecified atom stereocenters. The van der Waals surface area contributed by atoms with Crippen LogP contribution in [-0.4, -0.2) is 37.2 Å². The Morgan fingerprint density at radius 3 is 1.05 bits per heavy atom. The van der Waals surface area contributed by atoms with Crippen LogP contribution in [0, 0.1) is 0 Å². The minimum atomic E-state index is -0.789. The van der Waals surface area contributed by atoms with Gasteiger partial charge in [-0.3, -0.25) is 14.4 Å². The van der Waals surface area contributed by atoms with Gasteiger partial charge in [0.05, 0.1) is 0 Å². The Morgan fingerprint density at radius 1 is 0.344 bits per heavy atom. The third kappa shape index (κ3) is 48.0. The number of hydrogen-bond acceptors (Lipinski definition) is 6. The van der Waals surface area contributed by atoms with Crippen LogP contribution < -0.4 is 0 Å². The van der Waals surface area contributed by atoms with Crippen molar-refractivity contribution in [2.24, 2.45) is 0 Å². The molecule has 0 heterocycles. The number of hydrogen-bond donors (Lipinski definition) is 0. The number of esters is 3. The Labute approximate surface area is 377 Å². The molecule has 1 atom stereocenters. The van der Waals surface area contributed by atoms with Crippen LogP contribution in [0.3, 0.4) is 0 Å². The van der Waals surface area contributed by atoms with E-state index >= 15 is 0 Å². The van der Waals surface area contributed by atoms with Crippen molar-refractivity contribution in [1.82, 2.24) is 0 Å². The lowest BCUT2D eigenvalue weighted by Crippen LogP contribution is -2.30. The van der Waals surface area contributed by atoms with Crippen LogP contribution in [0.4, 0.5) is 0 Å². The number of rotatable bonds is 46. The monoisotopic (exact) mass is 853 g/mol. The number of carbonyl (C=O) groups excluding carboxylic acids is 3. The lowest BCUT2D eigenvalue weighted by molar-refractivity contribution is -0.167. The number of allylic oxidation sites excluding steroid dienone is 10. The molecule has 0 aromatic heterocycles. The van der Waals surface area contributed by atoms with Gasteiger partial charge in [0.25, 0.3) is 0 Å². The van der Waals surface area contributed by atoms with Gasteiger partial charge in [-0.05, 0) is 103 Å². The van der Waals surface area contributed by atoms with Gasteiger partial charge in [-0.15, -0.1) is 0 Å². The Balaban J connectivity index is 4.40. The minimum absolute atomic E-state index is 0.0889.